The summed E-state index contributed by atoms with van der Waals surface area (Å²) >= 11 is 3.90. The van der Waals surface area contributed by atoms with Gasteiger partial charge in [0.05, 0.1) is 0 Å². The minimum absolute atomic E-state index is 0.669. The van der Waals surface area contributed by atoms with Gasteiger partial charge in [-0.25, -0.2) is 0 Å². The number of rotatable bonds is 1. The summed E-state index contributed by atoms with van der Waals surface area (Å²) in [5.41, 5.74) is 1.38. The molecular weight excluding hydrogens is 320 g/mol. The van der Waals surface area contributed by atoms with Gasteiger partial charge in [0, 0.05) is 4.83 Å². The van der Waals surface area contributed by atoms with Gasteiger partial charge >= 0.3 is 0 Å². The third kappa shape index (κ3) is 1.98. The van der Waals surface area contributed by atoms with E-state index in [9.17, 15) is 0 Å². The molecule has 1 heteroatoms. The number of halogens is 1. The molecule has 4 rings (SSSR count). The predicted molar refractivity (Wildman–Crippen MR) is 93.6 cm³/mol. The van der Waals surface area contributed by atoms with Gasteiger partial charge in [-0.05, 0) is 85.4 Å². The maximum Gasteiger partial charge on any atom is 0.0151 e. The van der Waals surface area contributed by atoms with Crippen molar-refractivity contribution in [2.24, 2.45) is 40.4 Å². The van der Waals surface area contributed by atoms with Crippen LogP contribution in [-0.4, -0.2) is 4.83 Å². The van der Waals surface area contributed by atoms with Gasteiger partial charge in [-0.15, -0.1) is 0 Å². The molecule has 0 saturated heterocycles. The molecule has 21 heavy (non-hydrogen) atoms. The molecule has 0 N–H and O–H groups in total. The Bertz CT molecular complexity index is 416. The van der Waals surface area contributed by atoms with Crippen molar-refractivity contribution in [3.63, 3.8) is 0 Å². The number of hydrogen-bond donors (Lipinski definition) is 0. The second kappa shape index (κ2) is 4.99. The van der Waals surface area contributed by atoms with Gasteiger partial charge in [-0.1, -0.05) is 49.5 Å². The molecule has 4 aliphatic carbocycles. The van der Waals surface area contributed by atoms with Crippen LogP contribution in [0.4, 0.5) is 0 Å². The number of alkyl halides is 1. The first kappa shape index (κ1) is 15.0. The van der Waals surface area contributed by atoms with Crippen molar-refractivity contribution in [3.05, 3.63) is 0 Å². The Labute approximate surface area is 140 Å². The van der Waals surface area contributed by atoms with Gasteiger partial charge in [-0.3, -0.25) is 0 Å². The highest BCUT2D eigenvalue weighted by Gasteiger charge is 2.62. The number of fused-ring (bicyclic) bond motifs is 5. The second-order valence-electron chi connectivity index (χ2n) is 9.47. The van der Waals surface area contributed by atoms with Crippen LogP contribution in [0.25, 0.3) is 0 Å². The summed E-state index contributed by atoms with van der Waals surface area (Å²) in [5.74, 6) is 5.22. The molecule has 4 aliphatic rings. The first-order valence-electron chi connectivity index (χ1n) is 9.61. The van der Waals surface area contributed by atoms with Crippen molar-refractivity contribution in [2.45, 2.75) is 83.4 Å². The molecule has 120 valence electrons. The molecule has 0 aromatic carbocycles. The van der Waals surface area contributed by atoms with Gasteiger partial charge < -0.3 is 0 Å². The number of hydrogen-bond acceptors (Lipinski definition) is 0. The van der Waals surface area contributed by atoms with Crippen molar-refractivity contribution in [3.8, 4) is 0 Å². The minimum Gasteiger partial charge on any atom is -0.0890 e. The normalized spacial score (nSPS) is 57.4. The molecule has 0 spiro atoms. The van der Waals surface area contributed by atoms with Crippen LogP contribution in [0.5, 0.6) is 0 Å². The van der Waals surface area contributed by atoms with Gasteiger partial charge in [0.25, 0.3) is 0 Å². The van der Waals surface area contributed by atoms with Crippen LogP contribution in [0, 0.1) is 40.4 Å². The van der Waals surface area contributed by atoms with Gasteiger partial charge in [0.1, 0.15) is 0 Å². The Morgan fingerprint density at radius 2 is 1.71 bits per heavy atom. The van der Waals surface area contributed by atoms with E-state index in [4.69, 9.17) is 0 Å². The molecule has 0 amide bonds. The van der Waals surface area contributed by atoms with Crippen LogP contribution < -0.4 is 0 Å². The summed E-state index contributed by atoms with van der Waals surface area (Å²) < 4.78 is 0. The lowest BCUT2D eigenvalue weighted by atomic mass is 9.38. The zero-order chi connectivity index (χ0) is 14.8. The SMILES string of the molecule is CC(Br)C1CC2C3CCC4CCCCC4(C)C3CCC12C. The van der Waals surface area contributed by atoms with Crippen molar-refractivity contribution in [1.29, 1.82) is 0 Å². The summed E-state index contributed by atoms with van der Waals surface area (Å²) in [6, 6.07) is 0. The third-order valence-electron chi connectivity index (χ3n) is 8.93. The standard InChI is InChI=1S/C20H33Br/c1-13(21)17-12-18-15-8-7-14-6-4-5-10-19(14,2)16(15)9-11-20(17,18)3/h13-18H,4-12H2,1-3H3. The van der Waals surface area contributed by atoms with E-state index in [-0.39, 0.29) is 0 Å². The highest BCUT2D eigenvalue weighted by atomic mass is 79.9. The highest BCUT2D eigenvalue weighted by Crippen LogP contribution is 2.70. The fourth-order valence-corrected chi connectivity index (χ4v) is 8.46. The van der Waals surface area contributed by atoms with E-state index in [1.165, 1.54) is 25.7 Å². The molecule has 4 saturated carbocycles. The quantitative estimate of drug-likeness (QED) is 0.477. The Kier molecular flexibility index (Phi) is 3.57. The minimum atomic E-state index is 0.669. The fraction of sp³-hybridized carbons (Fsp3) is 1.00. The summed E-state index contributed by atoms with van der Waals surface area (Å²) in [7, 11) is 0. The first-order valence-corrected chi connectivity index (χ1v) is 10.5. The van der Waals surface area contributed by atoms with Crippen molar-refractivity contribution in [2.75, 3.05) is 0 Å². The molecular formula is C20H33Br. The van der Waals surface area contributed by atoms with Crippen LogP contribution in [0.2, 0.25) is 0 Å². The smallest absolute Gasteiger partial charge is 0.0151 e. The summed E-state index contributed by atoms with van der Waals surface area (Å²) in [5, 5.41) is 0. The summed E-state index contributed by atoms with van der Waals surface area (Å²) in [6.07, 6.45) is 13.8. The lowest BCUT2D eigenvalue weighted by molar-refractivity contribution is -0.179. The van der Waals surface area contributed by atoms with E-state index in [2.05, 4.69) is 36.7 Å². The first-order chi connectivity index (χ1) is 9.97. The zero-order valence-electron chi connectivity index (χ0n) is 14.2. The lowest BCUT2D eigenvalue weighted by Crippen LogP contribution is -2.61. The van der Waals surface area contributed by atoms with Gasteiger partial charge in [-0.2, -0.15) is 0 Å². The molecule has 4 fully saturated rings. The molecule has 0 heterocycles. The van der Waals surface area contributed by atoms with E-state index >= 15 is 0 Å². The summed E-state index contributed by atoms with van der Waals surface area (Å²) in [4.78, 5) is 0.719. The largest absolute Gasteiger partial charge is 0.0890 e. The molecule has 0 nitrogen and oxygen atoms in total. The maximum atomic E-state index is 3.90. The van der Waals surface area contributed by atoms with Gasteiger partial charge in [0.15, 0.2) is 0 Å². The molecule has 0 aliphatic heterocycles. The Morgan fingerprint density at radius 3 is 2.48 bits per heavy atom. The van der Waals surface area contributed by atoms with E-state index in [1.54, 1.807) is 32.1 Å². The highest BCUT2D eigenvalue weighted by molar-refractivity contribution is 9.09. The van der Waals surface area contributed by atoms with Crippen molar-refractivity contribution >= 4 is 15.9 Å². The second-order valence-corrected chi connectivity index (χ2v) is 10.9. The monoisotopic (exact) mass is 352 g/mol. The Balaban J connectivity index is 1.58. The van der Waals surface area contributed by atoms with Crippen LogP contribution in [0.3, 0.4) is 0 Å². The van der Waals surface area contributed by atoms with Crippen LogP contribution in [0.15, 0.2) is 0 Å². The average Bonchev–Trinajstić information content (AvgIpc) is 2.42. The zero-order valence-corrected chi connectivity index (χ0v) is 15.8. The van der Waals surface area contributed by atoms with E-state index < -0.39 is 0 Å². The maximum absolute atomic E-state index is 3.90. The predicted octanol–water partition coefficient (Wildman–Crippen LogP) is 6.43. The molecule has 8 unspecified atom stereocenters. The van der Waals surface area contributed by atoms with Crippen molar-refractivity contribution < 1.29 is 0 Å². The fourth-order valence-electron chi connectivity index (χ4n) is 7.64. The van der Waals surface area contributed by atoms with Crippen LogP contribution in [-0.2, 0) is 0 Å². The van der Waals surface area contributed by atoms with Crippen molar-refractivity contribution in [1.82, 2.24) is 0 Å². The topological polar surface area (TPSA) is 0 Å². The van der Waals surface area contributed by atoms with E-state index in [0.717, 1.165) is 34.4 Å². The Morgan fingerprint density at radius 1 is 0.905 bits per heavy atom. The van der Waals surface area contributed by atoms with Gasteiger partial charge in [0.2, 0.25) is 0 Å². The van der Waals surface area contributed by atoms with E-state index in [1.807, 2.05) is 0 Å². The van der Waals surface area contributed by atoms with Crippen LogP contribution in [0.1, 0.15) is 78.6 Å². The molecule has 8 atom stereocenters. The van der Waals surface area contributed by atoms with Crippen LogP contribution >= 0.6 is 15.9 Å². The van der Waals surface area contributed by atoms with E-state index in [0.29, 0.717) is 10.8 Å². The lowest BCUT2D eigenvalue weighted by Gasteiger charge is -2.68. The average molecular weight is 353 g/mol. The molecule has 0 radical (unpaired) electrons. The Hall–Kier alpha value is 0.480. The molecule has 0 aromatic heterocycles. The molecule has 0 bridgehead atoms. The molecule has 0 aromatic rings. The summed E-state index contributed by atoms with van der Waals surface area (Å²) in [6.45, 7) is 7.71. The third-order valence-corrected chi connectivity index (χ3v) is 9.57.